The third-order valence-electron chi connectivity index (χ3n) is 4.35. The van der Waals surface area contributed by atoms with Crippen molar-refractivity contribution in [2.75, 3.05) is 4.72 Å². The van der Waals surface area contributed by atoms with Crippen molar-refractivity contribution in [3.8, 4) is 11.3 Å². The molecular formula is C19H19N5O2S. The van der Waals surface area contributed by atoms with E-state index in [1.165, 1.54) is 12.5 Å². The molecule has 0 fully saturated rings. The van der Waals surface area contributed by atoms with Crippen LogP contribution in [0.15, 0.2) is 60.3 Å². The molecule has 138 valence electrons. The Bertz CT molecular complexity index is 1250. The topological polar surface area (TPSA) is 81.3 Å². The summed E-state index contributed by atoms with van der Waals surface area (Å²) in [5.74, 6) is 0. The molecule has 1 N–H and O–H groups in total. The number of fused-ring (bicyclic) bond motifs is 1. The Morgan fingerprint density at radius 1 is 1.07 bits per heavy atom. The minimum atomic E-state index is -3.75. The molecule has 0 bridgehead atoms. The van der Waals surface area contributed by atoms with Crippen LogP contribution in [0.1, 0.15) is 11.1 Å². The zero-order chi connectivity index (χ0) is 19.2. The third kappa shape index (κ3) is 3.31. The van der Waals surface area contributed by atoms with Crippen LogP contribution in [0.25, 0.3) is 16.9 Å². The zero-order valence-corrected chi connectivity index (χ0v) is 16.0. The number of hydrogen-bond acceptors (Lipinski definition) is 4. The highest BCUT2D eigenvalue weighted by Crippen LogP contribution is 2.27. The zero-order valence-electron chi connectivity index (χ0n) is 15.2. The molecule has 0 saturated heterocycles. The minimum Gasteiger partial charge on any atom is -0.339 e. The van der Waals surface area contributed by atoms with Crippen molar-refractivity contribution < 1.29 is 8.42 Å². The predicted octanol–water partition coefficient (Wildman–Crippen LogP) is 3.15. The van der Waals surface area contributed by atoms with E-state index in [4.69, 9.17) is 0 Å². The lowest BCUT2D eigenvalue weighted by Gasteiger charge is -2.10. The summed E-state index contributed by atoms with van der Waals surface area (Å²) in [5, 5.41) is -0.0157. The molecule has 1 aromatic carbocycles. The van der Waals surface area contributed by atoms with Crippen molar-refractivity contribution in [2.24, 2.45) is 7.05 Å². The number of sulfonamides is 1. The van der Waals surface area contributed by atoms with E-state index in [1.807, 2.05) is 54.9 Å². The van der Waals surface area contributed by atoms with Gasteiger partial charge in [0.05, 0.1) is 17.7 Å². The van der Waals surface area contributed by atoms with Crippen LogP contribution in [0.4, 0.5) is 5.69 Å². The van der Waals surface area contributed by atoms with Gasteiger partial charge in [0.25, 0.3) is 10.0 Å². The Balaban J connectivity index is 1.72. The molecule has 0 aliphatic carbocycles. The SMILES string of the molecule is Cc1ccn2cc(-c3ccc(C)c(NS(=O)(=O)c4cn(C)cn4)c3)nc2c1. The van der Waals surface area contributed by atoms with Crippen LogP contribution in [0, 0.1) is 13.8 Å². The quantitative estimate of drug-likeness (QED) is 0.589. The van der Waals surface area contributed by atoms with Gasteiger partial charge >= 0.3 is 0 Å². The first-order valence-corrected chi connectivity index (χ1v) is 9.87. The van der Waals surface area contributed by atoms with Gasteiger partial charge in [-0.1, -0.05) is 12.1 Å². The van der Waals surface area contributed by atoms with Crippen LogP contribution >= 0.6 is 0 Å². The van der Waals surface area contributed by atoms with Gasteiger partial charge in [0.15, 0.2) is 5.03 Å². The van der Waals surface area contributed by atoms with Gasteiger partial charge in [-0.25, -0.2) is 9.97 Å². The van der Waals surface area contributed by atoms with Gasteiger partial charge in [0.2, 0.25) is 0 Å². The number of anilines is 1. The van der Waals surface area contributed by atoms with Crippen molar-refractivity contribution in [1.82, 2.24) is 18.9 Å². The number of aryl methyl sites for hydroxylation is 3. The van der Waals surface area contributed by atoms with E-state index >= 15 is 0 Å². The molecule has 0 unspecified atom stereocenters. The van der Waals surface area contributed by atoms with E-state index in [1.54, 1.807) is 17.7 Å². The number of imidazole rings is 2. The van der Waals surface area contributed by atoms with Crippen LogP contribution in [0.3, 0.4) is 0 Å². The number of nitrogens with zero attached hydrogens (tertiary/aromatic N) is 4. The largest absolute Gasteiger partial charge is 0.339 e. The first-order valence-electron chi connectivity index (χ1n) is 8.39. The molecule has 4 rings (SSSR count). The van der Waals surface area contributed by atoms with E-state index in [2.05, 4.69) is 14.7 Å². The molecule has 27 heavy (non-hydrogen) atoms. The fourth-order valence-corrected chi connectivity index (χ4v) is 3.94. The lowest BCUT2D eigenvalue weighted by atomic mass is 10.1. The second kappa shape index (κ2) is 6.24. The van der Waals surface area contributed by atoms with Gasteiger partial charge in [0, 0.05) is 31.2 Å². The summed E-state index contributed by atoms with van der Waals surface area (Å²) in [4.78, 5) is 8.57. The lowest BCUT2D eigenvalue weighted by molar-refractivity contribution is 0.598. The van der Waals surface area contributed by atoms with Gasteiger partial charge in [-0.2, -0.15) is 8.42 Å². The number of nitrogens with one attached hydrogen (secondary N) is 1. The second-order valence-electron chi connectivity index (χ2n) is 6.61. The van der Waals surface area contributed by atoms with E-state index in [0.717, 1.165) is 28.0 Å². The highest BCUT2D eigenvalue weighted by Gasteiger charge is 2.18. The summed E-state index contributed by atoms with van der Waals surface area (Å²) < 4.78 is 31.3. The molecule has 3 aromatic heterocycles. The molecule has 7 nitrogen and oxygen atoms in total. The van der Waals surface area contributed by atoms with Gasteiger partial charge in [-0.3, -0.25) is 4.72 Å². The number of rotatable bonds is 4. The monoisotopic (exact) mass is 381 g/mol. The van der Waals surface area contributed by atoms with Crippen LogP contribution < -0.4 is 4.72 Å². The molecule has 8 heteroatoms. The maximum absolute atomic E-state index is 12.6. The summed E-state index contributed by atoms with van der Waals surface area (Å²) in [6.45, 7) is 3.87. The first kappa shape index (κ1) is 17.3. The standard InChI is InChI=1S/C19H19N5O2S/c1-13-6-7-24-10-17(21-18(24)8-13)15-5-4-14(2)16(9-15)22-27(25,26)19-11-23(3)12-20-19/h4-12,22H,1-3H3. The van der Waals surface area contributed by atoms with Crippen molar-refractivity contribution in [1.29, 1.82) is 0 Å². The lowest BCUT2D eigenvalue weighted by Crippen LogP contribution is -2.14. The molecule has 4 aromatic rings. The Hall–Kier alpha value is -3.13. The molecule has 0 amide bonds. The Labute approximate surface area is 157 Å². The predicted molar refractivity (Wildman–Crippen MR) is 104 cm³/mol. The van der Waals surface area contributed by atoms with Crippen molar-refractivity contribution in [2.45, 2.75) is 18.9 Å². The van der Waals surface area contributed by atoms with Crippen LogP contribution in [-0.4, -0.2) is 27.4 Å². The third-order valence-corrected chi connectivity index (χ3v) is 5.60. The van der Waals surface area contributed by atoms with E-state index in [-0.39, 0.29) is 5.03 Å². The molecule has 0 radical (unpaired) electrons. The summed E-state index contributed by atoms with van der Waals surface area (Å²) >= 11 is 0. The van der Waals surface area contributed by atoms with E-state index in [0.29, 0.717) is 5.69 Å². The van der Waals surface area contributed by atoms with Gasteiger partial charge in [-0.05, 0) is 43.2 Å². The fraction of sp³-hybridized carbons (Fsp3) is 0.158. The average Bonchev–Trinajstić information content (AvgIpc) is 3.23. The van der Waals surface area contributed by atoms with Crippen molar-refractivity contribution in [3.63, 3.8) is 0 Å². The normalized spacial score (nSPS) is 11.8. The van der Waals surface area contributed by atoms with E-state index in [9.17, 15) is 8.42 Å². The first-order chi connectivity index (χ1) is 12.8. The maximum atomic E-state index is 12.6. The number of pyridine rings is 1. The Morgan fingerprint density at radius 3 is 2.63 bits per heavy atom. The molecular weight excluding hydrogens is 362 g/mol. The van der Waals surface area contributed by atoms with E-state index < -0.39 is 10.0 Å². The van der Waals surface area contributed by atoms with Gasteiger partial charge < -0.3 is 8.97 Å². The summed E-state index contributed by atoms with van der Waals surface area (Å²) in [6.07, 6.45) is 6.80. The van der Waals surface area contributed by atoms with Crippen molar-refractivity contribution in [3.05, 3.63) is 66.4 Å². The average molecular weight is 381 g/mol. The molecule has 0 aliphatic rings. The van der Waals surface area contributed by atoms with Crippen LogP contribution in [0.2, 0.25) is 0 Å². The van der Waals surface area contributed by atoms with Crippen LogP contribution in [-0.2, 0) is 17.1 Å². The van der Waals surface area contributed by atoms with Crippen molar-refractivity contribution >= 4 is 21.4 Å². The highest BCUT2D eigenvalue weighted by atomic mass is 32.2. The maximum Gasteiger partial charge on any atom is 0.280 e. The molecule has 0 saturated carbocycles. The number of hydrogen-bond donors (Lipinski definition) is 1. The summed E-state index contributed by atoms with van der Waals surface area (Å²) in [7, 11) is -2.03. The highest BCUT2D eigenvalue weighted by molar-refractivity contribution is 7.92. The second-order valence-corrected chi connectivity index (χ2v) is 8.24. The number of aromatic nitrogens is 4. The molecule has 3 heterocycles. The van der Waals surface area contributed by atoms with Gasteiger partial charge in [0.1, 0.15) is 5.65 Å². The molecule has 0 aliphatic heterocycles. The summed E-state index contributed by atoms with van der Waals surface area (Å²) in [6, 6.07) is 9.62. The Morgan fingerprint density at radius 2 is 1.89 bits per heavy atom. The summed E-state index contributed by atoms with van der Waals surface area (Å²) in [5.41, 5.74) is 4.91. The fourth-order valence-electron chi connectivity index (χ4n) is 2.84. The molecule has 0 atom stereocenters. The minimum absolute atomic E-state index is 0.0157. The smallest absolute Gasteiger partial charge is 0.280 e. The van der Waals surface area contributed by atoms with Crippen LogP contribution in [0.5, 0.6) is 0 Å². The number of benzene rings is 1. The Kier molecular flexibility index (Phi) is 4.00. The molecule has 0 spiro atoms. The van der Waals surface area contributed by atoms with Gasteiger partial charge in [-0.15, -0.1) is 0 Å².